The minimum atomic E-state index is -0.329. The van der Waals surface area contributed by atoms with Crippen LogP contribution in [-0.4, -0.2) is 29.8 Å². The van der Waals surface area contributed by atoms with Crippen LogP contribution in [0.4, 0.5) is 4.39 Å². The van der Waals surface area contributed by atoms with Gasteiger partial charge in [0.25, 0.3) is 0 Å². The van der Waals surface area contributed by atoms with E-state index in [4.69, 9.17) is 23.2 Å². The Bertz CT molecular complexity index is 782. The van der Waals surface area contributed by atoms with Gasteiger partial charge in [-0.25, -0.2) is 4.39 Å². The lowest BCUT2D eigenvalue weighted by Gasteiger charge is -2.20. The Balaban J connectivity index is 1.88. The van der Waals surface area contributed by atoms with Crippen LogP contribution in [0.5, 0.6) is 0 Å². The average Bonchev–Trinajstić information content (AvgIpc) is 2.62. The maximum Gasteiger partial charge on any atom is 0.239 e. The molecule has 1 N–H and O–H groups in total. The number of carbonyl (C=O) groups is 2. The van der Waals surface area contributed by atoms with Crippen LogP contribution in [0.25, 0.3) is 0 Å². The third-order valence-electron chi connectivity index (χ3n) is 3.81. The highest BCUT2D eigenvalue weighted by molar-refractivity contribution is 6.42. The van der Waals surface area contributed by atoms with E-state index in [0.29, 0.717) is 16.6 Å². The third-order valence-corrected chi connectivity index (χ3v) is 4.55. The Morgan fingerprint density at radius 3 is 2.31 bits per heavy atom. The SMILES string of the molecule is CCN(CC(=O)NCc1ccc(F)cc1)C(=O)Cc1ccc(Cl)c(Cl)c1. The van der Waals surface area contributed by atoms with Gasteiger partial charge in [0.15, 0.2) is 0 Å². The summed E-state index contributed by atoms with van der Waals surface area (Å²) < 4.78 is 12.9. The summed E-state index contributed by atoms with van der Waals surface area (Å²) in [6.45, 7) is 2.44. The maximum atomic E-state index is 12.9. The lowest BCUT2D eigenvalue weighted by molar-refractivity contribution is -0.135. The van der Waals surface area contributed by atoms with Crippen LogP contribution in [0.1, 0.15) is 18.1 Å². The van der Waals surface area contributed by atoms with Gasteiger partial charge >= 0.3 is 0 Å². The molecule has 7 heteroatoms. The molecule has 0 aliphatic heterocycles. The summed E-state index contributed by atoms with van der Waals surface area (Å²) in [5.41, 5.74) is 1.51. The molecule has 2 aromatic rings. The zero-order valence-corrected chi connectivity index (χ0v) is 15.8. The van der Waals surface area contributed by atoms with Crippen molar-refractivity contribution in [2.75, 3.05) is 13.1 Å². The summed E-state index contributed by atoms with van der Waals surface area (Å²) in [4.78, 5) is 26.0. The molecule has 138 valence electrons. The Kier molecular flexibility index (Phi) is 7.42. The molecule has 2 amide bonds. The highest BCUT2D eigenvalue weighted by Crippen LogP contribution is 2.23. The largest absolute Gasteiger partial charge is 0.350 e. The highest BCUT2D eigenvalue weighted by atomic mass is 35.5. The summed E-state index contributed by atoms with van der Waals surface area (Å²) in [6, 6.07) is 10.9. The van der Waals surface area contributed by atoms with Crippen LogP contribution in [-0.2, 0) is 22.6 Å². The first-order valence-corrected chi connectivity index (χ1v) is 8.87. The summed E-state index contributed by atoms with van der Waals surface area (Å²) in [5, 5.41) is 3.54. The van der Waals surface area contributed by atoms with Crippen molar-refractivity contribution in [1.29, 1.82) is 0 Å². The van der Waals surface area contributed by atoms with Crippen LogP contribution >= 0.6 is 23.2 Å². The van der Waals surface area contributed by atoms with Gasteiger partial charge in [-0.2, -0.15) is 0 Å². The fourth-order valence-corrected chi connectivity index (χ4v) is 2.67. The molecule has 0 aromatic heterocycles. The van der Waals surface area contributed by atoms with Crippen molar-refractivity contribution >= 4 is 35.0 Å². The number of halogens is 3. The molecule has 0 saturated heterocycles. The minimum Gasteiger partial charge on any atom is -0.350 e. The van der Waals surface area contributed by atoms with E-state index in [9.17, 15) is 14.0 Å². The lowest BCUT2D eigenvalue weighted by Crippen LogP contribution is -2.41. The molecule has 2 aromatic carbocycles. The first-order chi connectivity index (χ1) is 12.4. The summed E-state index contributed by atoms with van der Waals surface area (Å²) >= 11 is 11.8. The predicted octanol–water partition coefficient (Wildman–Crippen LogP) is 3.84. The van der Waals surface area contributed by atoms with E-state index >= 15 is 0 Å². The first-order valence-electron chi connectivity index (χ1n) is 8.12. The zero-order valence-electron chi connectivity index (χ0n) is 14.3. The van der Waals surface area contributed by atoms with E-state index in [1.807, 2.05) is 0 Å². The van der Waals surface area contributed by atoms with Gasteiger partial charge in [-0.1, -0.05) is 41.4 Å². The van der Waals surface area contributed by atoms with Gasteiger partial charge in [0.1, 0.15) is 5.82 Å². The topological polar surface area (TPSA) is 49.4 Å². The van der Waals surface area contributed by atoms with Crippen molar-refractivity contribution in [3.8, 4) is 0 Å². The molecule has 0 heterocycles. The van der Waals surface area contributed by atoms with E-state index in [1.54, 1.807) is 37.3 Å². The standard InChI is InChI=1S/C19H19Cl2FN2O2/c1-2-24(19(26)10-14-5-8-16(20)17(21)9-14)12-18(25)23-11-13-3-6-15(22)7-4-13/h3-9H,2,10-12H2,1H3,(H,23,25). The molecule has 0 spiro atoms. The second-order valence-electron chi connectivity index (χ2n) is 5.74. The summed E-state index contributed by atoms with van der Waals surface area (Å²) in [6.07, 6.45) is 0.135. The molecule has 0 unspecified atom stereocenters. The molecular formula is C19H19Cl2FN2O2. The fraction of sp³-hybridized carbons (Fsp3) is 0.263. The average molecular weight is 397 g/mol. The van der Waals surface area contributed by atoms with Crippen LogP contribution in [0.15, 0.2) is 42.5 Å². The molecule has 0 radical (unpaired) electrons. The van der Waals surface area contributed by atoms with E-state index < -0.39 is 0 Å². The number of hydrogen-bond donors (Lipinski definition) is 1. The Morgan fingerprint density at radius 1 is 1.04 bits per heavy atom. The molecular weight excluding hydrogens is 378 g/mol. The molecule has 0 fully saturated rings. The maximum absolute atomic E-state index is 12.9. The molecule has 0 saturated carbocycles. The quantitative estimate of drug-likeness (QED) is 0.772. The molecule has 4 nitrogen and oxygen atoms in total. The smallest absolute Gasteiger partial charge is 0.239 e. The zero-order chi connectivity index (χ0) is 19.1. The van der Waals surface area contributed by atoms with Gasteiger partial charge in [0.05, 0.1) is 23.0 Å². The van der Waals surface area contributed by atoms with E-state index in [0.717, 1.165) is 11.1 Å². The molecule has 0 aliphatic carbocycles. The fourth-order valence-electron chi connectivity index (χ4n) is 2.34. The Hall–Kier alpha value is -2.11. The molecule has 0 bridgehead atoms. The van der Waals surface area contributed by atoms with Crippen LogP contribution in [0.3, 0.4) is 0 Å². The van der Waals surface area contributed by atoms with Crippen molar-refractivity contribution in [2.24, 2.45) is 0 Å². The lowest BCUT2D eigenvalue weighted by atomic mass is 10.1. The van der Waals surface area contributed by atoms with Crippen molar-refractivity contribution in [3.05, 3.63) is 69.5 Å². The van der Waals surface area contributed by atoms with Crippen LogP contribution in [0.2, 0.25) is 10.0 Å². The van der Waals surface area contributed by atoms with Gasteiger partial charge < -0.3 is 10.2 Å². The van der Waals surface area contributed by atoms with Gasteiger partial charge in [-0.15, -0.1) is 0 Å². The molecule has 26 heavy (non-hydrogen) atoms. The summed E-state index contributed by atoms with van der Waals surface area (Å²) in [7, 11) is 0. The van der Waals surface area contributed by atoms with Gasteiger partial charge in [-0.3, -0.25) is 9.59 Å². The molecule has 0 aliphatic rings. The number of nitrogens with one attached hydrogen (secondary N) is 1. The Morgan fingerprint density at radius 2 is 1.69 bits per heavy atom. The third kappa shape index (κ3) is 6.00. The molecule has 2 rings (SSSR count). The second kappa shape index (κ2) is 9.55. The van der Waals surface area contributed by atoms with Gasteiger partial charge in [0, 0.05) is 13.1 Å². The predicted molar refractivity (Wildman–Crippen MR) is 101 cm³/mol. The first kappa shape index (κ1) is 20.2. The van der Waals surface area contributed by atoms with Crippen molar-refractivity contribution in [2.45, 2.75) is 19.9 Å². The summed E-state index contributed by atoms with van der Waals surface area (Å²) in [5.74, 6) is -0.786. The van der Waals surface area contributed by atoms with Gasteiger partial charge in [0.2, 0.25) is 11.8 Å². The van der Waals surface area contributed by atoms with E-state index in [1.165, 1.54) is 17.0 Å². The van der Waals surface area contributed by atoms with Crippen molar-refractivity contribution in [3.63, 3.8) is 0 Å². The number of hydrogen-bond acceptors (Lipinski definition) is 2. The van der Waals surface area contributed by atoms with E-state index in [-0.39, 0.29) is 37.1 Å². The van der Waals surface area contributed by atoms with Crippen LogP contribution < -0.4 is 5.32 Å². The second-order valence-corrected chi connectivity index (χ2v) is 6.55. The number of carbonyl (C=O) groups excluding carboxylic acids is 2. The van der Waals surface area contributed by atoms with Crippen LogP contribution in [0, 0.1) is 5.82 Å². The number of likely N-dealkylation sites (N-methyl/N-ethyl adjacent to an activating group) is 1. The van der Waals surface area contributed by atoms with Gasteiger partial charge in [-0.05, 0) is 42.3 Å². The Labute approximate surface area is 161 Å². The minimum absolute atomic E-state index is 0.0438. The monoisotopic (exact) mass is 396 g/mol. The number of benzene rings is 2. The number of amides is 2. The van der Waals surface area contributed by atoms with Crippen molar-refractivity contribution < 1.29 is 14.0 Å². The van der Waals surface area contributed by atoms with E-state index in [2.05, 4.69) is 5.32 Å². The highest BCUT2D eigenvalue weighted by Gasteiger charge is 2.16. The normalized spacial score (nSPS) is 10.5. The number of nitrogens with zero attached hydrogens (tertiary/aromatic N) is 1. The van der Waals surface area contributed by atoms with Crippen molar-refractivity contribution in [1.82, 2.24) is 10.2 Å². The molecule has 0 atom stereocenters. The number of rotatable bonds is 7.